The summed E-state index contributed by atoms with van der Waals surface area (Å²) >= 11 is 0. The second-order valence-electron chi connectivity index (χ2n) is 7.19. The Bertz CT molecular complexity index is 1350. The number of aromatic amines is 2. The summed E-state index contributed by atoms with van der Waals surface area (Å²) in [4.78, 5) is 16.5. The lowest BCUT2D eigenvalue weighted by Crippen LogP contribution is -1.80. The third-order valence-electron chi connectivity index (χ3n) is 5.18. The molecule has 4 heteroatoms. The summed E-state index contributed by atoms with van der Waals surface area (Å²) in [5.41, 5.74) is 11.2. The highest BCUT2D eigenvalue weighted by Gasteiger charge is 2.14. The molecule has 0 fully saturated rings. The van der Waals surface area contributed by atoms with Crippen LogP contribution in [0.25, 0.3) is 45.4 Å². The van der Waals surface area contributed by atoms with E-state index in [-0.39, 0.29) is 0 Å². The Morgan fingerprint density at radius 1 is 0.786 bits per heavy atom. The van der Waals surface area contributed by atoms with E-state index in [0.29, 0.717) is 0 Å². The predicted octanol–water partition coefficient (Wildman–Crippen LogP) is 5.91. The molecule has 5 rings (SSSR count). The monoisotopic (exact) mass is 364 g/mol. The molecule has 4 nitrogen and oxygen atoms in total. The van der Waals surface area contributed by atoms with Gasteiger partial charge in [0.2, 0.25) is 0 Å². The molecule has 0 radical (unpaired) electrons. The smallest absolute Gasteiger partial charge is 0.0733 e. The van der Waals surface area contributed by atoms with Gasteiger partial charge in [0, 0.05) is 27.6 Å². The van der Waals surface area contributed by atoms with Gasteiger partial charge in [-0.25, -0.2) is 9.97 Å². The number of fused-ring (bicyclic) bond motifs is 8. The van der Waals surface area contributed by atoms with Crippen LogP contribution in [0.3, 0.4) is 0 Å². The van der Waals surface area contributed by atoms with Crippen LogP contribution < -0.4 is 0 Å². The van der Waals surface area contributed by atoms with Gasteiger partial charge in [-0.15, -0.1) is 0 Å². The van der Waals surface area contributed by atoms with Gasteiger partial charge in [0.05, 0.1) is 22.8 Å². The first kappa shape index (κ1) is 16.5. The predicted molar refractivity (Wildman–Crippen MR) is 117 cm³/mol. The van der Waals surface area contributed by atoms with E-state index in [1.54, 1.807) is 0 Å². The first-order valence-corrected chi connectivity index (χ1v) is 9.30. The van der Waals surface area contributed by atoms with Crippen LogP contribution in [0.1, 0.15) is 35.3 Å². The molecule has 0 unspecified atom stereocenters. The molecule has 3 aromatic heterocycles. The van der Waals surface area contributed by atoms with Crippen LogP contribution in [0, 0.1) is 6.92 Å². The van der Waals surface area contributed by atoms with E-state index in [9.17, 15) is 0 Å². The second-order valence-corrected chi connectivity index (χ2v) is 7.19. The van der Waals surface area contributed by atoms with Crippen molar-refractivity contribution in [3.63, 3.8) is 0 Å². The molecule has 0 aromatic carbocycles. The van der Waals surface area contributed by atoms with Gasteiger partial charge in [-0.05, 0) is 79.6 Å². The fourth-order valence-corrected chi connectivity index (χ4v) is 3.70. The minimum atomic E-state index is 0.901. The van der Waals surface area contributed by atoms with Gasteiger partial charge in [-0.1, -0.05) is 12.7 Å². The summed E-state index contributed by atoms with van der Waals surface area (Å²) in [6, 6.07) is 14.6. The van der Waals surface area contributed by atoms with Gasteiger partial charge in [0.1, 0.15) is 0 Å². The van der Waals surface area contributed by atoms with E-state index < -0.39 is 0 Å². The molecule has 5 heterocycles. The Morgan fingerprint density at radius 2 is 1.54 bits per heavy atom. The topological polar surface area (TPSA) is 57.4 Å². The van der Waals surface area contributed by atoms with Crippen molar-refractivity contribution in [3.8, 4) is 0 Å². The van der Waals surface area contributed by atoms with Crippen molar-refractivity contribution in [2.24, 2.45) is 0 Å². The van der Waals surface area contributed by atoms with Crippen molar-refractivity contribution in [2.75, 3.05) is 0 Å². The van der Waals surface area contributed by atoms with E-state index >= 15 is 0 Å². The number of hydrogen-bond donors (Lipinski definition) is 2. The molecule has 8 bridgehead atoms. The average molecular weight is 364 g/mol. The highest BCUT2D eigenvalue weighted by molar-refractivity contribution is 5.96. The maximum Gasteiger partial charge on any atom is 0.0733 e. The van der Waals surface area contributed by atoms with E-state index in [4.69, 9.17) is 9.97 Å². The number of rotatable bonds is 1. The van der Waals surface area contributed by atoms with E-state index in [2.05, 4.69) is 60.7 Å². The standard InChI is InChI=1S/C24H20N4/c1-4-21-15(3)23-12-19-8-7-17(26-19)10-16-5-6-18(25-16)11-20-9-14(2)22(27-20)13-24(21)28-23/h4-13,25,27H,1H2,2-3H3. The third kappa shape index (κ3) is 2.79. The molecule has 136 valence electrons. The first-order valence-electron chi connectivity index (χ1n) is 9.30. The van der Waals surface area contributed by atoms with Crippen molar-refractivity contribution < 1.29 is 0 Å². The summed E-state index contributed by atoms with van der Waals surface area (Å²) in [7, 11) is 0. The Balaban J connectivity index is 1.91. The molecule has 2 N–H and O–H groups in total. The number of nitrogens with one attached hydrogen (secondary N) is 2. The molecule has 3 aromatic rings. The highest BCUT2D eigenvalue weighted by atomic mass is 14.8. The van der Waals surface area contributed by atoms with Crippen LogP contribution in [0.5, 0.6) is 0 Å². The summed E-state index contributed by atoms with van der Waals surface area (Å²) in [5.74, 6) is 0. The molecule has 0 saturated heterocycles. The SMILES string of the molecule is C=CC1=C(C)c2cc3nc(cc4ccc(cc5cc(C)c(cc1n2)[nH]5)[nH]4)C=C3. The number of aryl methyl sites for hydroxylation is 1. The fourth-order valence-electron chi connectivity index (χ4n) is 3.70. The lowest BCUT2D eigenvalue weighted by atomic mass is 10.1. The van der Waals surface area contributed by atoms with Crippen molar-refractivity contribution >= 4 is 45.4 Å². The van der Waals surface area contributed by atoms with Crippen molar-refractivity contribution in [3.05, 3.63) is 83.5 Å². The van der Waals surface area contributed by atoms with E-state index in [1.807, 2.05) is 30.4 Å². The molecule has 0 spiro atoms. The van der Waals surface area contributed by atoms with Crippen molar-refractivity contribution in [2.45, 2.75) is 13.8 Å². The molecule has 0 aliphatic carbocycles. The zero-order valence-electron chi connectivity index (χ0n) is 15.9. The fraction of sp³-hybridized carbons (Fsp3) is 0.0833. The molecule has 0 amide bonds. The van der Waals surface area contributed by atoms with Gasteiger partial charge in [0.15, 0.2) is 0 Å². The zero-order chi connectivity index (χ0) is 19.3. The molecule has 2 aliphatic heterocycles. The molecular formula is C24H20N4. The number of hydrogen-bond acceptors (Lipinski definition) is 2. The minimum Gasteiger partial charge on any atom is -0.355 e. The quantitative estimate of drug-likeness (QED) is 0.441. The van der Waals surface area contributed by atoms with Crippen LogP contribution in [0.4, 0.5) is 0 Å². The van der Waals surface area contributed by atoms with Crippen LogP contribution in [-0.4, -0.2) is 19.9 Å². The summed E-state index contributed by atoms with van der Waals surface area (Å²) in [5, 5.41) is 0. The van der Waals surface area contributed by atoms with Crippen LogP contribution >= 0.6 is 0 Å². The van der Waals surface area contributed by atoms with E-state index in [0.717, 1.165) is 56.0 Å². The third-order valence-corrected chi connectivity index (χ3v) is 5.18. The Kier molecular flexibility index (Phi) is 3.66. The largest absolute Gasteiger partial charge is 0.355 e. The minimum absolute atomic E-state index is 0.901. The normalized spacial score (nSPS) is 13.2. The molecular weight excluding hydrogens is 344 g/mol. The summed E-state index contributed by atoms with van der Waals surface area (Å²) < 4.78 is 0. The van der Waals surface area contributed by atoms with Gasteiger partial charge >= 0.3 is 0 Å². The van der Waals surface area contributed by atoms with Crippen LogP contribution in [-0.2, 0) is 0 Å². The highest BCUT2D eigenvalue weighted by Crippen LogP contribution is 2.31. The average Bonchev–Trinajstić information content (AvgIpc) is 3.41. The van der Waals surface area contributed by atoms with Gasteiger partial charge in [0.25, 0.3) is 0 Å². The van der Waals surface area contributed by atoms with Gasteiger partial charge in [-0.2, -0.15) is 0 Å². The van der Waals surface area contributed by atoms with E-state index in [1.165, 1.54) is 5.56 Å². The lowest BCUT2D eigenvalue weighted by molar-refractivity contribution is 1.26. The number of nitrogens with zero attached hydrogens (tertiary/aromatic N) is 2. The number of aromatic nitrogens is 4. The Hall–Kier alpha value is -3.66. The second kappa shape index (κ2) is 6.20. The zero-order valence-corrected chi connectivity index (χ0v) is 15.9. The van der Waals surface area contributed by atoms with Crippen LogP contribution in [0.2, 0.25) is 0 Å². The lowest BCUT2D eigenvalue weighted by Gasteiger charge is -1.95. The number of H-pyrrole nitrogens is 2. The van der Waals surface area contributed by atoms with Crippen LogP contribution in [0.15, 0.2) is 55.1 Å². The summed E-state index contributed by atoms with van der Waals surface area (Å²) in [6.45, 7) is 8.18. The maximum absolute atomic E-state index is 4.86. The molecule has 0 atom stereocenters. The van der Waals surface area contributed by atoms with Gasteiger partial charge < -0.3 is 9.97 Å². The first-order chi connectivity index (χ1) is 13.6. The van der Waals surface area contributed by atoms with Crippen molar-refractivity contribution in [1.82, 2.24) is 19.9 Å². The Morgan fingerprint density at radius 3 is 2.32 bits per heavy atom. The van der Waals surface area contributed by atoms with Gasteiger partial charge in [-0.3, -0.25) is 0 Å². The molecule has 0 saturated carbocycles. The summed E-state index contributed by atoms with van der Waals surface area (Å²) in [6.07, 6.45) is 5.92. The number of allylic oxidation sites excluding steroid dienone is 3. The Labute approximate surface area is 163 Å². The molecule has 28 heavy (non-hydrogen) atoms. The van der Waals surface area contributed by atoms with Crippen molar-refractivity contribution in [1.29, 1.82) is 0 Å². The molecule has 2 aliphatic rings. The maximum atomic E-state index is 4.86.